The topological polar surface area (TPSA) is 29.5 Å². The number of aryl methyl sites for hydroxylation is 3. The highest BCUT2D eigenvalue weighted by molar-refractivity contribution is 7.59. The Morgan fingerprint density at radius 3 is 1.14 bits per heavy atom. The van der Waals surface area contributed by atoms with Crippen LogP contribution in [-0.2, 0) is 18.4 Å². The summed E-state index contributed by atoms with van der Waals surface area (Å²) in [5, 5.41) is 8.59. The van der Waals surface area contributed by atoms with E-state index in [4.69, 9.17) is 33.0 Å². The van der Waals surface area contributed by atoms with Crippen LogP contribution < -0.4 is 4.74 Å². The van der Waals surface area contributed by atoms with Crippen LogP contribution in [0.15, 0.2) is 121 Å². The number of aromatic hydroxyl groups is 1. The van der Waals surface area contributed by atoms with Crippen LogP contribution in [0.3, 0.4) is 0 Å². The van der Waals surface area contributed by atoms with Crippen molar-refractivity contribution in [1.82, 2.24) is 0 Å². The molecule has 0 atom stereocenters. The molecule has 0 aliphatic carbocycles. The third-order valence-electron chi connectivity index (χ3n) is 5.72. The Morgan fingerprint density at radius 2 is 0.818 bits per heavy atom. The SMILES string of the molecule is Cc1ccc(CCl)cc1.Cc1ccc(CCl)cc1.Cc1ccc(COc2ccc(F)cc2)cc1.Oc1ccc(F)cc1.S.S. The second-order valence-corrected chi connectivity index (χ2v) is 9.98. The number of ether oxygens (including phenoxy) is 1. The predicted octanol–water partition coefficient (Wildman–Crippen LogP) is 10.9. The lowest BCUT2D eigenvalue weighted by Gasteiger charge is -2.06. The summed E-state index contributed by atoms with van der Waals surface area (Å²) in [4.78, 5) is 0. The van der Waals surface area contributed by atoms with E-state index in [1.165, 1.54) is 64.2 Å². The lowest BCUT2D eigenvalue weighted by molar-refractivity contribution is 0.305. The summed E-state index contributed by atoms with van der Waals surface area (Å²) < 4.78 is 30.1. The molecule has 0 amide bonds. The van der Waals surface area contributed by atoms with E-state index in [1.807, 2.05) is 55.5 Å². The molecule has 0 aromatic heterocycles. The van der Waals surface area contributed by atoms with E-state index in [0.717, 1.165) is 5.56 Å². The lowest BCUT2D eigenvalue weighted by Crippen LogP contribution is -1.95. The molecule has 0 unspecified atom stereocenters. The van der Waals surface area contributed by atoms with Crippen molar-refractivity contribution in [3.05, 3.63) is 166 Å². The first-order valence-electron chi connectivity index (χ1n) is 13.3. The van der Waals surface area contributed by atoms with Crippen LogP contribution in [0, 0.1) is 32.4 Å². The van der Waals surface area contributed by atoms with Gasteiger partial charge in [0.05, 0.1) is 0 Å². The van der Waals surface area contributed by atoms with Gasteiger partial charge in [-0.3, -0.25) is 0 Å². The van der Waals surface area contributed by atoms with Crippen LogP contribution in [0.5, 0.6) is 11.5 Å². The standard InChI is InChI=1S/C14H13FO.2C8H9Cl.C6H5FO.2H2S/c1-11-2-4-12(5-3-11)10-16-14-8-6-13(15)7-9-14;2*1-7-2-4-8(6-9)5-3-7;7-5-1-3-6(8)4-2-5;;/h2-9H,10H2,1H3;2*2-5H,6H2,1H3;1-4,8H;2*1H2. The molecule has 8 heteroatoms. The molecule has 0 saturated heterocycles. The van der Waals surface area contributed by atoms with Gasteiger partial charge in [-0.25, -0.2) is 8.78 Å². The Hall–Kier alpha value is -3.16. The number of benzene rings is 5. The van der Waals surface area contributed by atoms with Gasteiger partial charge in [0.25, 0.3) is 0 Å². The molecular formula is C36H40Cl2F2O2S2. The Kier molecular flexibility index (Phi) is 21.6. The fourth-order valence-electron chi connectivity index (χ4n) is 3.18. The molecular weight excluding hydrogens is 637 g/mol. The van der Waals surface area contributed by atoms with Gasteiger partial charge < -0.3 is 9.84 Å². The summed E-state index contributed by atoms with van der Waals surface area (Å²) >= 11 is 11.2. The van der Waals surface area contributed by atoms with Crippen molar-refractivity contribution in [3.63, 3.8) is 0 Å². The first kappa shape index (κ1) is 40.8. The largest absolute Gasteiger partial charge is 0.508 e. The van der Waals surface area contributed by atoms with E-state index in [9.17, 15) is 8.78 Å². The summed E-state index contributed by atoms with van der Waals surface area (Å²) in [7, 11) is 0. The third-order valence-corrected chi connectivity index (χ3v) is 6.33. The zero-order valence-electron chi connectivity index (χ0n) is 25.0. The summed E-state index contributed by atoms with van der Waals surface area (Å²) in [6.45, 7) is 6.69. The molecule has 0 spiro atoms. The Bertz CT molecular complexity index is 1300. The molecule has 5 aromatic carbocycles. The molecule has 44 heavy (non-hydrogen) atoms. The average molecular weight is 678 g/mol. The number of phenols is 1. The Morgan fingerprint density at radius 1 is 0.500 bits per heavy atom. The molecule has 0 aliphatic heterocycles. The smallest absolute Gasteiger partial charge is 0.123 e. The minimum atomic E-state index is -0.331. The number of rotatable bonds is 5. The van der Waals surface area contributed by atoms with E-state index in [1.54, 1.807) is 12.1 Å². The van der Waals surface area contributed by atoms with E-state index < -0.39 is 0 Å². The third kappa shape index (κ3) is 17.8. The molecule has 5 rings (SSSR count). The molecule has 5 aromatic rings. The molecule has 0 fully saturated rings. The summed E-state index contributed by atoms with van der Waals surface area (Å²) in [6.07, 6.45) is 0. The van der Waals surface area contributed by atoms with Gasteiger partial charge in [0.1, 0.15) is 29.7 Å². The van der Waals surface area contributed by atoms with Crippen LogP contribution >= 0.6 is 50.2 Å². The van der Waals surface area contributed by atoms with Crippen molar-refractivity contribution in [3.8, 4) is 11.5 Å². The molecule has 0 bridgehead atoms. The number of hydrogen-bond acceptors (Lipinski definition) is 2. The molecule has 236 valence electrons. The fourth-order valence-corrected chi connectivity index (χ4v) is 3.53. The number of halogens is 4. The molecule has 0 radical (unpaired) electrons. The first-order chi connectivity index (χ1) is 20.2. The molecule has 0 saturated carbocycles. The molecule has 0 heterocycles. The van der Waals surface area contributed by atoms with Crippen molar-refractivity contribution in [2.24, 2.45) is 0 Å². The Balaban J connectivity index is 0.000000578. The Labute approximate surface area is 284 Å². The second kappa shape index (κ2) is 23.3. The normalized spacial score (nSPS) is 9.25. The fraction of sp³-hybridized carbons (Fsp3) is 0.167. The average Bonchev–Trinajstić information content (AvgIpc) is 3.01. The van der Waals surface area contributed by atoms with Crippen molar-refractivity contribution in [2.45, 2.75) is 39.1 Å². The highest BCUT2D eigenvalue weighted by Gasteiger charge is 1.96. The summed E-state index contributed by atoms with van der Waals surface area (Å²) in [6, 6.07) is 35.6. The zero-order chi connectivity index (χ0) is 30.7. The van der Waals surface area contributed by atoms with Crippen LogP contribution in [0.25, 0.3) is 0 Å². The van der Waals surface area contributed by atoms with Crippen LogP contribution in [0.2, 0.25) is 0 Å². The number of alkyl halides is 2. The summed E-state index contributed by atoms with van der Waals surface area (Å²) in [5.74, 6) is 1.42. The number of hydrogen-bond donors (Lipinski definition) is 1. The van der Waals surface area contributed by atoms with Crippen molar-refractivity contribution in [1.29, 1.82) is 0 Å². The van der Waals surface area contributed by atoms with Gasteiger partial charge in [-0.2, -0.15) is 27.0 Å². The van der Waals surface area contributed by atoms with Crippen molar-refractivity contribution < 1.29 is 18.6 Å². The molecule has 1 N–H and O–H groups in total. The van der Waals surface area contributed by atoms with Gasteiger partial charge in [-0.1, -0.05) is 89.5 Å². The van der Waals surface area contributed by atoms with Crippen molar-refractivity contribution >= 4 is 50.2 Å². The van der Waals surface area contributed by atoms with E-state index in [2.05, 4.69) is 38.1 Å². The quantitative estimate of drug-likeness (QED) is 0.188. The molecule has 0 aliphatic rings. The van der Waals surface area contributed by atoms with Gasteiger partial charge in [0, 0.05) is 11.8 Å². The maximum Gasteiger partial charge on any atom is 0.123 e. The second-order valence-electron chi connectivity index (χ2n) is 9.44. The lowest BCUT2D eigenvalue weighted by atomic mass is 10.2. The number of phenolic OH excluding ortho intramolecular Hbond substituents is 1. The van der Waals surface area contributed by atoms with Gasteiger partial charge in [0.15, 0.2) is 0 Å². The van der Waals surface area contributed by atoms with Gasteiger partial charge >= 0.3 is 0 Å². The maximum atomic E-state index is 12.6. The zero-order valence-corrected chi connectivity index (χ0v) is 28.5. The minimum Gasteiger partial charge on any atom is -0.508 e. The van der Waals surface area contributed by atoms with Gasteiger partial charge in [0.2, 0.25) is 0 Å². The first-order valence-corrected chi connectivity index (χ1v) is 14.4. The van der Waals surface area contributed by atoms with Crippen LogP contribution in [0.4, 0.5) is 8.78 Å². The van der Waals surface area contributed by atoms with E-state index in [0.29, 0.717) is 24.1 Å². The highest BCUT2D eigenvalue weighted by atomic mass is 35.5. The maximum absolute atomic E-state index is 12.6. The molecule has 2 nitrogen and oxygen atoms in total. The van der Waals surface area contributed by atoms with E-state index in [-0.39, 0.29) is 44.4 Å². The van der Waals surface area contributed by atoms with Crippen LogP contribution in [0.1, 0.15) is 33.4 Å². The van der Waals surface area contributed by atoms with Crippen LogP contribution in [-0.4, -0.2) is 5.11 Å². The minimum absolute atomic E-state index is 0. The van der Waals surface area contributed by atoms with E-state index >= 15 is 0 Å². The van der Waals surface area contributed by atoms with Crippen molar-refractivity contribution in [2.75, 3.05) is 0 Å². The van der Waals surface area contributed by atoms with Gasteiger partial charge in [-0.15, -0.1) is 23.2 Å². The predicted molar refractivity (Wildman–Crippen MR) is 192 cm³/mol. The highest BCUT2D eigenvalue weighted by Crippen LogP contribution is 2.14. The summed E-state index contributed by atoms with van der Waals surface area (Å²) in [5.41, 5.74) is 7.26. The van der Waals surface area contributed by atoms with Gasteiger partial charge in [-0.05, 0) is 86.0 Å². The monoisotopic (exact) mass is 676 g/mol.